The van der Waals surface area contributed by atoms with Crippen molar-refractivity contribution in [2.24, 2.45) is 0 Å². The van der Waals surface area contributed by atoms with Gasteiger partial charge in [-0.1, -0.05) is 74.0 Å². The van der Waals surface area contributed by atoms with E-state index < -0.39 is 0 Å². The molecule has 0 aliphatic heterocycles. The highest BCUT2D eigenvalue weighted by Crippen LogP contribution is 2.39. The van der Waals surface area contributed by atoms with Crippen LogP contribution in [0.25, 0.3) is 5.70 Å². The van der Waals surface area contributed by atoms with Crippen molar-refractivity contribution in [2.45, 2.75) is 82.3 Å². The normalized spacial score (nSPS) is 20.5. The maximum atomic E-state index is 4.93. The van der Waals surface area contributed by atoms with Gasteiger partial charge in [0.05, 0.1) is 12.2 Å². The van der Waals surface area contributed by atoms with Gasteiger partial charge in [0, 0.05) is 24.0 Å². The van der Waals surface area contributed by atoms with Crippen molar-refractivity contribution < 1.29 is 0 Å². The summed E-state index contributed by atoms with van der Waals surface area (Å²) >= 11 is 0. The van der Waals surface area contributed by atoms with Gasteiger partial charge in [0.2, 0.25) is 0 Å². The van der Waals surface area contributed by atoms with Crippen LogP contribution in [0.15, 0.2) is 67.4 Å². The number of nitrogens with zero attached hydrogens (tertiary/aromatic N) is 3. The summed E-state index contributed by atoms with van der Waals surface area (Å²) in [6, 6.07) is 21.2. The largest absolute Gasteiger partial charge is 0.365 e. The molecule has 1 heterocycles. The van der Waals surface area contributed by atoms with Crippen molar-refractivity contribution in [2.75, 3.05) is 0 Å². The molecule has 170 valence electrons. The fraction of sp³-hybridized carbons (Fsp3) is 0.433. The zero-order valence-corrected chi connectivity index (χ0v) is 19.6. The highest BCUT2D eigenvalue weighted by molar-refractivity contribution is 5.63. The van der Waals surface area contributed by atoms with E-state index in [4.69, 9.17) is 5.10 Å². The van der Waals surface area contributed by atoms with Gasteiger partial charge in [0.15, 0.2) is 0 Å². The zero-order valence-electron chi connectivity index (χ0n) is 19.6. The van der Waals surface area contributed by atoms with Gasteiger partial charge in [-0.25, -0.2) is 0 Å². The highest BCUT2D eigenvalue weighted by atomic mass is 15.3. The summed E-state index contributed by atoms with van der Waals surface area (Å²) in [7, 11) is 0. The van der Waals surface area contributed by atoms with E-state index in [1.807, 2.05) is 0 Å². The van der Waals surface area contributed by atoms with Crippen LogP contribution in [0.3, 0.4) is 0 Å². The zero-order chi connectivity index (χ0) is 22.2. The van der Waals surface area contributed by atoms with Crippen LogP contribution in [-0.2, 0) is 19.4 Å². The first-order valence-electron chi connectivity index (χ1n) is 12.9. The molecule has 3 aliphatic carbocycles. The fourth-order valence-electron chi connectivity index (χ4n) is 6.08. The van der Waals surface area contributed by atoms with Gasteiger partial charge in [-0.05, 0) is 73.1 Å². The van der Waals surface area contributed by atoms with E-state index in [2.05, 4.69) is 77.0 Å². The number of hydrogen-bond donors (Lipinski definition) is 0. The molecule has 0 N–H and O–H groups in total. The molecule has 1 aromatic heterocycles. The Morgan fingerprint density at radius 1 is 0.909 bits per heavy atom. The van der Waals surface area contributed by atoms with E-state index >= 15 is 0 Å². The van der Waals surface area contributed by atoms with Crippen molar-refractivity contribution in [3.05, 3.63) is 95.3 Å². The second-order valence-electron chi connectivity index (χ2n) is 10.4. The van der Waals surface area contributed by atoms with E-state index in [1.54, 1.807) is 0 Å². The Balaban J connectivity index is 1.18. The topological polar surface area (TPSA) is 21.1 Å². The quantitative estimate of drug-likeness (QED) is 0.416. The summed E-state index contributed by atoms with van der Waals surface area (Å²) in [5, 5.41) is 4.93. The van der Waals surface area contributed by atoms with Crippen molar-refractivity contribution in [3.8, 4) is 0 Å². The smallest absolute Gasteiger partial charge is 0.0659 e. The molecule has 0 saturated heterocycles. The van der Waals surface area contributed by atoms with Gasteiger partial charge in [0.1, 0.15) is 0 Å². The van der Waals surface area contributed by atoms with Crippen molar-refractivity contribution in [1.82, 2.24) is 14.7 Å². The van der Waals surface area contributed by atoms with Gasteiger partial charge < -0.3 is 4.90 Å². The summed E-state index contributed by atoms with van der Waals surface area (Å²) in [5.74, 6) is 0.774. The molecule has 6 rings (SSSR count). The molecular formula is C30H35N3. The van der Waals surface area contributed by atoms with E-state index in [0.29, 0.717) is 12.1 Å². The van der Waals surface area contributed by atoms with Gasteiger partial charge in [-0.2, -0.15) is 5.10 Å². The Kier molecular flexibility index (Phi) is 5.57. The predicted octanol–water partition coefficient (Wildman–Crippen LogP) is 6.58. The lowest BCUT2D eigenvalue weighted by atomic mass is 9.91. The molecule has 0 amide bonds. The Bertz CT molecular complexity index is 1100. The van der Waals surface area contributed by atoms with E-state index in [0.717, 1.165) is 25.3 Å². The molecule has 1 unspecified atom stereocenters. The lowest BCUT2D eigenvalue weighted by Crippen LogP contribution is -2.39. The van der Waals surface area contributed by atoms with Gasteiger partial charge >= 0.3 is 0 Å². The van der Waals surface area contributed by atoms with Crippen molar-refractivity contribution in [1.29, 1.82) is 0 Å². The summed E-state index contributed by atoms with van der Waals surface area (Å²) in [4.78, 5) is 2.67. The molecule has 2 fully saturated rings. The van der Waals surface area contributed by atoms with Gasteiger partial charge in [0.25, 0.3) is 0 Å². The molecule has 1 atom stereocenters. The summed E-state index contributed by atoms with van der Waals surface area (Å²) in [5.41, 5.74) is 8.08. The van der Waals surface area contributed by atoms with Crippen LogP contribution in [0.2, 0.25) is 0 Å². The monoisotopic (exact) mass is 437 g/mol. The number of hydrogen-bond acceptors (Lipinski definition) is 2. The minimum atomic E-state index is 0.529. The van der Waals surface area contributed by atoms with Crippen LogP contribution in [-0.4, -0.2) is 26.8 Å². The Morgan fingerprint density at radius 2 is 1.67 bits per heavy atom. The molecule has 3 aliphatic rings. The third-order valence-corrected chi connectivity index (χ3v) is 8.00. The van der Waals surface area contributed by atoms with Crippen molar-refractivity contribution >= 4 is 5.70 Å². The number of aromatic nitrogens is 2. The summed E-state index contributed by atoms with van der Waals surface area (Å²) in [6.45, 7) is 5.46. The van der Waals surface area contributed by atoms with Crippen LogP contribution in [0, 0.1) is 0 Å². The van der Waals surface area contributed by atoms with Gasteiger partial charge in [-0.3, -0.25) is 4.68 Å². The molecule has 33 heavy (non-hydrogen) atoms. The first-order valence-corrected chi connectivity index (χ1v) is 12.9. The summed E-state index contributed by atoms with van der Waals surface area (Å²) < 4.78 is 2.14. The first kappa shape index (κ1) is 20.8. The molecule has 2 saturated carbocycles. The van der Waals surface area contributed by atoms with Crippen LogP contribution >= 0.6 is 0 Å². The van der Waals surface area contributed by atoms with E-state index in [-0.39, 0.29) is 0 Å². The third-order valence-electron chi connectivity index (χ3n) is 8.00. The molecule has 3 aromatic rings. The minimum Gasteiger partial charge on any atom is -0.365 e. The average Bonchev–Trinajstić information content (AvgIpc) is 3.36. The van der Waals surface area contributed by atoms with E-state index in [1.165, 1.54) is 78.6 Å². The SMILES string of the molecule is C=C(c1ccc(C2CCCC2)cc1)N(C1CC1)C1CCc2nn(Cc3ccccc3)cc2C1. The average molecular weight is 438 g/mol. The maximum Gasteiger partial charge on any atom is 0.0659 e. The van der Waals surface area contributed by atoms with Crippen molar-refractivity contribution in [3.63, 3.8) is 0 Å². The second-order valence-corrected chi connectivity index (χ2v) is 10.4. The Hall–Kier alpha value is -2.81. The second kappa shape index (κ2) is 8.85. The molecule has 3 heteroatoms. The highest BCUT2D eigenvalue weighted by Gasteiger charge is 2.37. The molecule has 0 radical (unpaired) electrons. The third kappa shape index (κ3) is 4.38. The number of aryl methyl sites for hydroxylation is 1. The summed E-state index contributed by atoms with van der Waals surface area (Å²) in [6.07, 6.45) is 13.7. The molecule has 0 bridgehead atoms. The number of benzene rings is 2. The Labute approximate surface area is 198 Å². The standard InChI is InChI=1S/C30H35N3/c1-22(24-11-13-26(14-12-24)25-9-5-6-10-25)33(28-15-16-28)29-17-18-30-27(19-29)21-32(31-30)20-23-7-3-2-4-8-23/h2-4,7-8,11-14,21,25,28-29H,1,5-6,9-10,15-20H2. The molecular weight excluding hydrogens is 402 g/mol. The lowest BCUT2D eigenvalue weighted by Gasteiger charge is -2.37. The number of fused-ring (bicyclic) bond motifs is 1. The van der Waals surface area contributed by atoms with Gasteiger partial charge in [-0.15, -0.1) is 0 Å². The first-order chi connectivity index (χ1) is 16.2. The minimum absolute atomic E-state index is 0.529. The molecule has 3 nitrogen and oxygen atoms in total. The fourth-order valence-corrected chi connectivity index (χ4v) is 6.08. The lowest BCUT2D eigenvalue weighted by molar-refractivity contribution is 0.259. The van der Waals surface area contributed by atoms with Crippen LogP contribution in [0.1, 0.15) is 78.8 Å². The molecule has 2 aromatic carbocycles. The number of rotatable bonds is 7. The van der Waals surface area contributed by atoms with E-state index in [9.17, 15) is 0 Å². The van der Waals surface area contributed by atoms with Crippen LogP contribution < -0.4 is 0 Å². The molecule has 0 spiro atoms. The maximum absolute atomic E-state index is 4.93. The van der Waals surface area contributed by atoms with Crippen LogP contribution in [0.5, 0.6) is 0 Å². The predicted molar refractivity (Wildman–Crippen MR) is 135 cm³/mol. The van der Waals surface area contributed by atoms with Crippen LogP contribution in [0.4, 0.5) is 0 Å². The Morgan fingerprint density at radius 3 is 2.39 bits per heavy atom.